The molecule has 0 N–H and O–H groups in total. The van der Waals surface area contributed by atoms with E-state index in [2.05, 4.69) is 10.1 Å². The Balaban J connectivity index is 1.67. The summed E-state index contributed by atoms with van der Waals surface area (Å²) in [5.41, 5.74) is 2.69. The molecule has 1 aromatic carbocycles. The fourth-order valence-electron chi connectivity index (χ4n) is 2.70. The molecule has 0 radical (unpaired) electrons. The third-order valence-electron chi connectivity index (χ3n) is 4.12. The molecule has 2 aromatic heterocycles. The van der Waals surface area contributed by atoms with Gasteiger partial charge in [0.1, 0.15) is 5.01 Å². The second-order valence-corrected chi connectivity index (χ2v) is 7.02. The van der Waals surface area contributed by atoms with Crippen molar-refractivity contribution in [2.75, 3.05) is 21.3 Å². The van der Waals surface area contributed by atoms with E-state index in [4.69, 9.17) is 9.47 Å². The van der Waals surface area contributed by atoms with Gasteiger partial charge in [0.15, 0.2) is 11.5 Å². The van der Waals surface area contributed by atoms with Crippen molar-refractivity contribution in [3.05, 3.63) is 47.2 Å². The number of ether oxygens (including phenoxy) is 2. The maximum absolute atomic E-state index is 12.5. The molecule has 0 aliphatic rings. The van der Waals surface area contributed by atoms with Gasteiger partial charge in [-0.2, -0.15) is 5.10 Å². The quantitative estimate of drug-likeness (QED) is 0.624. The number of hydrogen-bond acceptors (Lipinski definition) is 6. The van der Waals surface area contributed by atoms with Crippen molar-refractivity contribution in [1.29, 1.82) is 0 Å². The number of amides is 1. The summed E-state index contributed by atoms with van der Waals surface area (Å²) in [6.07, 6.45) is 3.93. The number of thiazole rings is 1. The van der Waals surface area contributed by atoms with Crippen molar-refractivity contribution in [3.63, 3.8) is 0 Å². The van der Waals surface area contributed by atoms with Gasteiger partial charge in [-0.05, 0) is 18.2 Å². The highest BCUT2D eigenvalue weighted by atomic mass is 32.1. The van der Waals surface area contributed by atoms with E-state index in [0.717, 1.165) is 21.8 Å². The van der Waals surface area contributed by atoms with Crippen LogP contribution in [0, 0.1) is 0 Å². The van der Waals surface area contributed by atoms with Crippen molar-refractivity contribution in [1.82, 2.24) is 19.7 Å². The lowest BCUT2D eigenvalue weighted by Gasteiger charge is -2.15. The van der Waals surface area contributed by atoms with Gasteiger partial charge in [0.25, 0.3) is 0 Å². The Morgan fingerprint density at radius 2 is 2.04 bits per heavy atom. The van der Waals surface area contributed by atoms with Crippen molar-refractivity contribution >= 4 is 17.2 Å². The van der Waals surface area contributed by atoms with E-state index in [1.165, 1.54) is 11.3 Å². The molecular weight excluding hydrogens is 364 g/mol. The topological polar surface area (TPSA) is 69.5 Å². The molecule has 7 nitrogen and oxygen atoms in total. The molecule has 27 heavy (non-hydrogen) atoms. The second kappa shape index (κ2) is 8.22. The molecule has 0 saturated heterocycles. The van der Waals surface area contributed by atoms with E-state index in [1.54, 1.807) is 37.0 Å². The minimum atomic E-state index is 0.0167. The highest BCUT2D eigenvalue weighted by Crippen LogP contribution is 2.33. The summed E-state index contributed by atoms with van der Waals surface area (Å²) in [5, 5.41) is 6.89. The summed E-state index contributed by atoms with van der Waals surface area (Å²) in [6.45, 7) is 0.527. The second-order valence-electron chi connectivity index (χ2n) is 6.16. The Labute approximate surface area is 162 Å². The highest BCUT2D eigenvalue weighted by molar-refractivity contribution is 7.13. The first kappa shape index (κ1) is 18.9. The molecule has 3 aromatic rings. The first-order chi connectivity index (χ1) is 13.0. The largest absolute Gasteiger partial charge is 0.493 e. The molecule has 3 rings (SSSR count). The first-order valence-electron chi connectivity index (χ1n) is 8.38. The van der Waals surface area contributed by atoms with Crippen LogP contribution in [0.4, 0.5) is 0 Å². The van der Waals surface area contributed by atoms with Gasteiger partial charge in [-0.1, -0.05) is 0 Å². The maximum Gasteiger partial charge on any atom is 0.228 e. The van der Waals surface area contributed by atoms with E-state index < -0.39 is 0 Å². The standard InChI is InChI=1S/C19H22N4O3S/c1-22(10-13-9-20-23(2)11-13)18(24)8-15-12-27-19(21-15)14-5-6-16(25-3)17(7-14)26-4/h5-7,9,11-12H,8,10H2,1-4H3. The van der Waals surface area contributed by atoms with Crippen LogP contribution in [0.25, 0.3) is 10.6 Å². The van der Waals surface area contributed by atoms with E-state index in [-0.39, 0.29) is 12.3 Å². The molecule has 1 amide bonds. The zero-order valence-corrected chi connectivity index (χ0v) is 16.6. The normalized spacial score (nSPS) is 10.7. The molecule has 0 aliphatic heterocycles. The number of aryl methyl sites for hydroxylation is 1. The van der Waals surface area contributed by atoms with Crippen molar-refractivity contribution in [2.45, 2.75) is 13.0 Å². The van der Waals surface area contributed by atoms with Crippen LogP contribution >= 0.6 is 11.3 Å². The lowest BCUT2D eigenvalue weighted by atomic mass is 10.2. The summed E-state index contributed by atoms with van der Waals surface area (Å²) in [7, 11) is 6.85. The monoisotopic (exact) mass is 386 g/mol. The lowest BCUT2D eigenvalue weighted by molar-refractivity contribution is -0.129. The maximum atomic E-state index is 12.5. The van der Waals surface area contributed by atoms with Crippen LogP contribution in [0.2, 0.25) is 0 Å². The van der Waals surface area contributed by atoms with Gasteiger partial charge in [0, 0.05) is 43.3 Å². The van der Waals surface area contributed by atoms with E-state index in [0.29, 0.717) is 18.0 Å². The van der Waals surface area contributed by atoms with Gasteiger partial charge in [-0.25, -0.2) is 4.98 Å². The SMILES string of the molecule is COc1ccc(-c2nc(CC(=O)N(C)Cc3cnn(C)c3)cs2)cc1OC. The van der Waals surface area contributed by atoms with Crippen molar-refractivity contribution < 1.29 is 14.3 Å². The van der Waals surface area contributed by atoms with Gasteiger partial charge in [-0.15, -0.1) is 11.3 Å². The Kier molecular flexibility index (Phi) is 5.75. The van der Waals surface area contributed by atoms with E-state index >= 15 is 0 Å². The Bertz CT molecular complexity index is 935. The van der Waals surface area contributed by atoms with Crippen molar-refractivity contribution in [2.24, 2.45) is 7.05 Å². The van der Waals surface area contributed by atoms with Crippen LogP contribution in [0.15, 0.2) is 36.0 Å². The Morgan fingerprint density at radius 1 is 1.26 bits per heavy atom. The summed E-state index contributed by atoms with van der Waals surface area (Å²) >= 11 is 1.50. The fraction of sp³-hybridized carbons (Fsp3) is 0.316. The molecule has 8 heteroatoms. The number of nitrogens with zero attached hydrogens (tertiary/aromatic N) is 4. The van der Waals surface area contributed by atoms with E-state index in [1.807, 2.05) is 36.8 Å². The third kappa shape index (κ3) is 4.46. The van der Waals surface area contributed by atoms with Crippen LogP contribution in [-0.2, 0) is 24.8 Å². The van der Waals surface area contributed by atoms with Crippen LogP contribution in [0.5, 0.6) is 11.5 Å². The number of carbonyl (C=O) groups is 1. The molecule has 0 spiro atoms. The summed E-state index contributed by atoms with van der Waals surface area (Å²) in [6, 6.07) is 5.67. The Morgan fingerprint density at radius 3 is 2.70 bits per heavy atom. The number of rotatable bonds is 7. The van der Waals surface area contributed by atoms with Crippen LogP contribution in [-0.4, -0.2) is 46.8 Å². The summed E-state index contributed by atoms with van der Waals surface area (Å²) < 4.78 is 12.3. The zero-order chi connectivity index (χ0) is 19.4. The summed E-state index contributed by atoms with van der Waals surface area (Å²) in [5.74, 6) is 1.34. The average molecular weight is 386 g/mol. The van der Waals surface area contributed by atoms with Gasteiger partial charge < -0.3 is 14.4 Å². The molecule has 0 bridgehead atoms. The number of aromatic nitrogens is 3. The smallest absolute Gasteiger partial charge is 0.228 e. The number of carbonyl (C=O) groups excluding carboxylic acids is 1. The molecule has 2 heterocycles. The van der Waals surface area contributed by atoms with Crippen LogP contribution < -0.4 is 9.47 Å². The van der Waals surface area contributed by atoms with Gasteiger partial charge in [0.05, 0.1) is 32.5 Å². The minimum absolute atomic E-state index is 0.0167. The molecule has 142 valence electrons. The summed E-state index contributed by atoms with van der Waals surface area (Å²) in [4.78, 5) is 18.8. The number of likely N-dealkylation sites (N-methyl/N-ethyl adjacent to an activating group) is 1. The van der Waals surface area contributed by atoms with E-state index in [9.17, 15) is 4.79 Å². The van der Waals surface area contributed by atoms with Crippen molar-refractivity contribution in [3.8, 4) is 22.1 Å². The highest BCUT2D eigenvalue weighted by Gasteiger charge is 2.15. The van der Waals surface area contributed by atoms with Gasteiger partial charge in [-0.3, -0.25) is 9.48 Å². The average Bonchev–Trinajstić information content (AvgIpc) is 3.30. The van der Waals surface area contributed by atoms with Gasteiger partial charge >= 0.3 is 0 Å². The third-order valence-corrected chi connectivity index (χ3v) is 5.06. The molecular formula is C19H22N4O3S. The zero-order valence-electron chi connectivity index (χ0n) is 15.8. The molecule has 0 atom stereocenters. The fourth-order valence-corrected chi connectivity index (χ4v) is 3.51. The predicted octanol–water partition coefficient (Wildman–Crippen LogP) is 2.76. The number of benzene rings is 1. The van der Waals surface area contributed by atoms with Gasteiger partial charge in [0.2, 0.25) is 5.91 Å². The lowest BCUT2D eigenvalue weighted by Crippen LogP contribution is -2.27. The minimum Gasteiger partial charge on any atom is -0.493 e. The molecule has 0 aliphatic carbocycles. The van der Waals surface area contributed by atoms with Crippen LogP contribution in [0.3, 0.4) is 0 Å². The molecule has 0 saturated carbocycles. The first-order valence-corrected chi connectivity index (χ1v) is 9.26. The molecule has 0 fully saturated rings. The van der Waals surface area contributed by atoms with Crippen LogP contribution in [0.1, 0.15) is 11.3 Å². The number of methoxy groups -OCH3 is 2. The predicted molar refractivity (Wildman–Crippen MR) is 104 cm³/mol. The number of hydrogen-bond donors (Lipinski definition) is 0. The molecule has 0 unspecified atom stereocenters. The Hall–Kier alpha value is -2.87.